The van der Waals surface area contributed by atoms with Crippen LogP contribution in [0.15, 0.2) is 39.8 Å². The topological polar surface area (TPSA) is 83.7 Å². The zero-order valence-electron chi connectivity index (χ0n) is 13.6. The summed E-state index contributed by atoms with van der Waals surface area (Å²) in [4.78, 5) is 14.3. The first-order valence-electron chi connectivity index (χ1n) is 7.69. The van der Waals surface area contributed by atoms with Crippen LogP contribution < -0.4 is 4.90 Å². The number of rotatable bonds is 3. The van der Waals surface area contributed by atoms with Gasteiger partial charge in [0.2, 0.25) is 15.9 Å². The fraction of sp³-hybridized carbons (Fsp3) is 0.375. The van der Waals surface area contributed by atoms with Crippen molar-refractivity contribution in [2.45, 2.75) is 25.2 Å². The van der Waals surface area contributed by atoms with Gasteiger partial charge in [0.15, 0.2) is 5.76 Å². The van der Waals surface area contributed by atoms with Crippen LogP contribution in [-0.2, 0) is 14.8 Å². The van der Waals surface area contributed by atoms with Crippen LogP contribution in [0.5, 0.6) is 0 Å². The molecule has 7 nitrogen and oxygen atoms in total. The molecule has 1 aliphatic rings. The number of carbonyl (C=O) groups is 1. The average Bonchev–Trinajstić information content (AvgIpc) is 2.78. The van der Waals surface area contributed by atoms with Crippen LogP contribution >= 0.6 is 0 Å². The summed E-state index contributed by atoms with van der Waals surface area (Å²) < 4.78 is 32.0. The first-order chi connectivity index (χ1) is 11.4. The highest BCUT2D eigenvalue weighted by Crippen LogP contribution is 2.25. The van der Waals surface area contributed by atoms with Crippen molar-refractivity contribution in [3.05, 3.63) is 41.8 Å². The van der Waals surface area contributed by atoms with E-state index in [1.165, 1.54) is 4.31 Å². The van der Waals surface area contributed by atoms with Crippen molar-refractivity contribution in [1.82, 2.24) is 9.46 Å². The van der Waals surface area contributed by atoms with Crippen LogP contribution in [0.25, 0.3) is 0 Å². The van der Waals surface area contributed by atoms with Crippen LogP contribution in [0.1, 0.15) is 17.9 Å². The molecule has 0 N–H and O–H groups in total. The number of benzene rings is 1. The lowest BCUT2D eigenvalue weighted by molar-refractivity contribution is -0.118. The minimum Gasteiger partial charge on any atom is -0.360 e. The van der Waals surface area contributed by atoms with E-state index in [9.17, 15) is 13.2 Å². The Labute approximate surface area is 140 Å². The predicted molar refractivity (Wildman–Crippen MR) is 88.1 cm³/mol. The second-order valence-corrected chi connectivity index (χ2v) is 7.60. The Morgan fingerprint density at radius 1 is 1.12 bits per heavy atom. The monoisotopic (exact) mass is 349 g/mol. The summed E-state index contributed by atoms with van der Waals surface area (Å²) >= 11 is 0. The van der Waals surface area contributed by atoms with Crippen molar-refractivity contribution in [2.75, 3.05) is 24.5 Å². The highest BCUT2D eigenvalue weighted by molar-refractivity contribution is 7.89. The molecule has 24 heavy (non-hydrogen) atoms. The van der Waals surface area contributed by atoms with Crippen molar-refractivity contribution >= 4 is 21.6 Å². The lowest BCUT2D eigenvalue weighted by Crippen LogP contribution is -2.39. The molecule has 0 aliphatic carbocycles. The Hall–Kier alpha value is -2.19. The maximum absolute atomic E-state index is 12.9. The molecule has 3 rings (SSSR count). The average molecular weight is 349 g/mol. The van der Waals surface area contributed by atoms with Crippen molar-refractivity contribution in [2.24, 2.45) is 0 Å². The molecule has 2 heterocycles. The number of hydrogen-bond donors (Lipinski definition) is 0. The van der Waals surface area contributed by atoms with E-state index >= 15 is 0 Å². The first-order valence-corrected chi connectivity index (χ1v) is 9.13. The molecule has 0 bridgehead atoms. The van der Waals surface area contributed by atoms with Gasteiger partial charge < -0.3 is 9.42 Å². The molecule has 0 unspecified atom stereocenters. The maximum atomic E-state index is 12.9. The summed E-state index contributed by atoms with van der Waals surface area (Å²) in [6.07, 6.45) is 0.559. The van der Waals surface area contributed by atoms with E-state index in [1.54, 1.807) is 18.7 Å². The Morgan fingerprint density at radius 2 is 1.83 bits per heavy atom. The van der Waals surface area contributed by atoms with Gasteiger partial charge in [-0.1, -0.05) is 23.4 Å². The molecule has 8 heteroatoms. The highest BCUT2D eigenvalue weighted by atomic mass is 32.2. The number of anilines is 1. The summed E-state index contributed by atoms with van der Waals surface area (Å²) in [6, 6.07) is 9.27. The molecule has 1 aromatic heterocycles. The van der Waals surface area contributed by atoms with Gasteiger partial charge in [0.25, 0.3) is 0 Å². The molecule has 1 aliphatic heterocycles. The number of sulfonamides is 1. The highest BCUT2D eigenvalue weighted by Gasteiger charge is 2.35. The standard InChI is InChI=1S/C16H19N3O4S/c1-12-16(13(2)23-17-12)24(21,22)18-9-6-10-19(15(20)11-18)14-7-4-3-5-8-14/h3-5,7-8H,6,9-11H2,1-2H3. The van der Waals surface area contributed by atoms with E-state index < -0.39 is 10.0 Å². The first kappa shape index (κ1) is 16.7. The van der Waals surface area contributed by atoms with Gasteiger partial charge in [0.1, 0.15) is 10.6 Å². The lowest BCUT2D eigenvalue weighted by atomic mass is 10.2. The summed E-state index contributed by atoms with van der Waals surface area (Å²) in [5.74, 6) is -0.00172. The zero-order valence-corrected chi connectivity index (χ0v) is 14.4. The fourth-order valence-corrected chi connectivity index (χ4v) is 4.62. The molecule has 0 spiro atoms. The molecule has 1 saturated heterocycles. The quantitative estimate of drug-likeness (QED) is 0.842. The Balaban J connectivity index is 1.88. The van der Waals surface area contributed by atoms with E-state index in [4.69, 9.17) is 4.52 Å². The maximum Gasteiger partial charge on any atom is 0.248 e. The number of aryl methyl sites for hydroxylation is 2. The van der Waals surface area contributed by atoms with Gasteiger partial charge in [-0.25, -0.2) is 8.42 Å². The number of hydrogen-bond acceptors (Lipinski definition) is 5. The molecular weight excluding hydrogens is 330 g/mol. The SMILES string of the molecule is Cc1noc(C)c1S(=O)(=O)N1CCCN(c2ccccc2)C(=O)C1. The van der Waals surface area contributed by atoms with Crippen molar-refractivity contribution in [1.29, 1.82) is 0 Å². The van der Waals surface area contributed by atoms with Gasteiger partial charge in [0, 0.05) is 18.8 Å². The van der Waals surface area contributed by atoms with Crippen LogP contribution in [-0.4, -0.2) is 43.4 Å². The van der Waals surface area contributed by atoms with Crippen LogP contribution in [0, 0.1) is 13.8 Å². The Bertz CT molecular complexity index is 826. The van der Waals surface area contributed by atoms with Crippen molar-refractivity contribution < 1.29 is 17.7 Å². The third-order valence-corrected chi connectivity index (χ3v) is 6.13. The molecule has 1 aromatic carbocycles. The molecule has 1 fully saturated rings. The van der Waals surface area contributed by atoms with Crippen molar-refractivity contribution in [3.8, 4) is 0 Å². The van der Waals surface area contributed by atoms with Crippen LogP contribution in [0.3, 0.4) is 0 Å². The Morgan fingerprint density at radius 3 is 2.46 bits per heavy atom. The Kier molecular flexibility index (Phi) is 4.42. The number of amides is 1. The summed E-state index contributed by atoms with van der Waals surface area (Å²) in [6.45, 7) is 3.71. The number of carbonyl (C=O) groups excluding carboxylic acids is 1. The molecule has 2 aromatic rings. The zero-order chi connectivity index (χ0) is 17.3. The molecule has 0 radical (unpaired) electrons. The van der Waals surface area contributed by atoms with Gasteiger partial charge in [-0.2, -0.15) is 4.31 Å². The second-order valence-electron chi connectivity index (χ2n) is 5.73. The minimum absolute atomic E-state index is 0.0588. The summed E-state index contributed by atoms with van der Waals surface area (Å²) in [7, 11) is -3.81. The number of nitrogens with zero attached hydrogens (tertiary/aromatic N) is 3. The van der Waals surface area contributed by atoms with E-state index in [1.807, 2.05) is 30.3 Å². The van der Waals surface area contributed by atoms with Gasteiger partial charge in [-0.05, 0) is 32.4 Å². The number of aromatic nitrogens is 1. The smallest absolute Gasteiger partial charge is 0.248 e. The number of para-hydroxylation sites is 1. The summed E-state index contributed by atoms with van der Waals surface area (Å²) in [5, 5.41) is 3.71. The van der Waals surface area contributed by atoms with Crippen LogP contribution in [0.2, 0.25) is 0 Å². The minimum atomic E-state index is -3.81. The van der Waals surface area contributed by atoms with Gasteiger partial charge in [0.05, 0.1) is 6.54 Å². The molecule has 1 amide bonds. The van der Waals surface area contributed by atoms with E-state index in [-0.39, 0.29) is 29.7 Å². The fourth-order valence-electron chi connectivity index (χ4n) is 2.90. The molecule has 0 atom stereocenters. The van der Waals surface area contributed by atoms with E-state index in [0.717, 1.165) is 5.69 Å². The van der Waals surface area contributed by atoms with E-state index in [2.05, 4.69) is 5.16 Å². The molecule has 128 valence electrons. The van der Waals surface area contributed by atoms with Gasteiger partial charge >= 0.3 is 0 Å². The largest absolute Gasteiger partial charge is 0.360 e. The van der Waals surface area contributed by atoms with Crippen molar-refractivity contribution in [3.63, 3.8) is 0 Å². The molecular formula is C16H19N3O4S. The summed E-state index contributed by atoms with van der Waals surface area (Å²) in [5.41, 5.74) is 1.09. The second kappa shape index (κ2) is 6.37. The van der Waals surface area contributed by atoms with Gasteiger partial charge in [-0.3, -0.25) is 4.79 Å². The van der Waals surface area contributed by atoms with Crippen LogP contribution in [0.4, 0.5) is 5.69 Å². The van der Waals surface area contributed by atoms with E-state index in [0.29, 0.717) is 18.7 Å². The normalized spacial score (nSPS) is 17.1. The lowest BCUT2D eigenvalue weighted by Gasteiger charge is -2.21. The third kappa shape index (κ3) is 2.94. The predicted octanol–water partition coefficient (Wildman–Crippen LogP) is 1.72. The van der Waals surface area contributed by atoms with Gasteiger partial charge in [-0.15, -0.1) is 0 Å². The molecule has 0 saturated carbocycles. The third-order valence-electron chi connectivity index (χ3n) is 4.04.